The van der Waals surface area contributed by atoms with Gasteiger partial charge < -0.3 is 9.47 Å². The molecule has 0 bridgehead atoms. The highest BCUT2D eigenvalue weighted by Gasteiger charge is 2.30. The number of hydrogen-bond donors (Lipinski definition) is 0. The van der Waals surface area contributed by atoms with Gasteiger partial charge in [0.2, 0.25) is 18.0 Å². The average Bonchev–Trinajstić information content (AvgIpc) is 3.04. The number of ether oxygens (including phenoxy) is 2. The Morgan fingerprint density at radius 2 is 2.00 bits per heavy atom. The Morgan fingerprint density at radius 1 is 1.23 bits per heavy atom. The highest BCUT2D eigenvalue weighted by Crippen LogP contribution is 2.28. The van der Waals surface area contributed by atoms with E-state index in [-0.39, 0.29) is 12.5 Å². The second-order valence-electron chi connectivity index (χ2n) is 5.50. The molecule has 1 atom stereocenters. The minimum atomic E-state index is -0.672. The van der Waals surface area contributed by atoms with Gasteiger partial charge >= 0.3 is 0 Å². The van der Waals surface area contributed by atoms with Gasteiger partial charge in [-0.25, -0.2) is 0 Å². The highest BCUT2D eigenvalue weighted by molar-refractivity contribution is 6.35. The molecule has 0 aliphatic carbocycles. The molecule has 0 radical (unpaired) electrons. The number of amides is 1. The van der Waals surface area contributed by atoms with Gasteiger partial charge in [-0.15, -0.1) is 5.10 Å². The van der Waals surface area contributed by atoms with E-state index in [2.05, 4.69) is 5.10 Å². The van der Waals surface area contributed by atoms with E-state index in [1.54, 1.807) is 24.3 Å². The van der Waals surface area contributed by atoms with Crippen molar-refractivity contribution in [1.29, 1.82) is 0 Å². The van der Waals surface area contributed by atoms with Gasteiger partial charge in [-0.05, 0) is 29.8 Å². The van der Waals surface area contributed by atoms with E-state index in [1.807, 2.05) is 36.4 Å². The van der Waals surface area contributed by atoms with Crippen molar-refractivity contribution in [3.63, 3.8) is 0 Å². The summed E-state index contributed by atoms with van der Waals surface area (Å²) >= 11 is 12.0. The van der Waals surface area contributed by atoms with Crippen LogP contribution in [0.2, 0.25) is 10.0 Å². The molecule has 134 valence electrons. The predicted octanol–water partition coefficient (Wildman–Crippen LogP) is 4.60. The Hall–Kier alpha value is -2.50. The Kier molecular flexibility index (Phi) is 5.81. The molecule has 0 aromatic heterocycles. The van der Waals surface area contributed by atoms with Crippen molar-refractivity contribution >= 4 is 41.1 Å². The lowest BCUT2D eigenvalue weighted by Crippen LogP contribution is -2.36. The van der Waals surface area contributed by atoms with Crippen LogP contribution in [0.5, 0.6) is 5.75 Å². The van der Waals surface area contributed by atoms with E-state index < -0.39 is 6.23 Å². The fourth-order valence-corrected chi connectivity index (χ4v) is 2.78. The lowest BCUT2D eigenvalue weighted by Gasteiger charge is -2.19. The largest absolute Gasteiger partial charge is 0.486 e. The first-order chi connectivity index (χ1) is 12.5. The number of carbonyl (C=O) groups is 1. The van der Waals surface area contributed by atoms with Crippen molar-refractivity contribution in [3.8, 4) is 5.75 Å². The van der Waals surface area contributed by atoms with E-state index in [1.165, 1.54) is 11.9 Å². The summed E-state index contributed by atoms with van der Waals surface area (Å²) in [6, 6.07) is 14.6. The third-order valence-corrected chi connectivity index (χ3v) is 4.08. The lowest BCUT2D eigenvalue weighted by molar-refractivity contribution is -0.136. The van der Waals surface area contributed by atoms with Gasteiger partial charge in [0.15, 0.2) is 0 Å². The number of nitrogens with zero attached hydrogens (tertiary/aromatic N) is 2. The molecule has 0 spiro atoms. The molecule has 0 saturated carbocycles. The zero-order valence-corrected chi connectivity index (χ0v) is 15.4. The molecule has 7 heteroatoms. The molecule has 26 heavy (non-hydrogen) atoms. The SMILES string of the molecule is CC(=O)N1N=C(/C=C/c2ccccc2)O[C@@H]1COc1ccc(Cl)cc1Cl. The molecular formula is C19H16Cl2N2O3. The van der Waals surface area contributed by atoms with Crippen LogP contribution >= 0.6 is 23.2 Å². The quantitative estimate of drug-likeness (QED) is 0.749. The molecule has 1 aliphatic rings. The predicted molar refractivity (Wildman–Crippen MR) is 102 cm³/mol. The summed E-state index contributed by atoms with van der Waals surface area (Å²) in [6.07, 6.45) is 2.89. The van der Waals surface area contributed by atoms with Gasteiger partial charge in [0, 0.05) is 18.0 Å². The van der Waals surface area contributed by atoms with Gasteiger partial charge in [-0.3, -0.25) is 4.79 Å². The molecule has 0 saturated heterocycles. The summed E-state index contributed by atoms with van der Waals surface area (Å²) in [6.45, 7) is 1.49. The van der Waals surface area contributed by atoms with Gasteiger partial charge in [0.25, 0.3) is 0 Å². The average molecular weight is 391 g/mol. The maximum atomic E-state index is 11.8. The van der Waals surface area contributed by atoms with Crippen molar-refractivity contribution < 1.29 is 14.3 Å². The summed E-state index contributed by atoms with van der Waals surface area (Å²) in [5.41, 5.74) is 1.00. The third-order valence-electron chi connectivity index (χ3n) is 3.55. The van der Waals surface area contributed by atoms with Crippen LogP contribution < -0.4 is 4.74 Å². The topological polar surface area (TPSA) is 51.1 Å². The van der Waals surface area contributed by atoms with Gasteiger partial charge in [0.05, 0.1) is 5.02 Å². The number of rotatable bonds is 5. The van der Waals surface area contributed by atoms with E-state index in [9.17, 15) is 4.79 Å². The summed E-state index contributed by atoms with van der Waals surface area (Å²) in [5, 5.41) is 6.33. The van der Waals surface area contributed by atoms with Gasteiger partial charge in [-0.1, -0.05) is 53.5 Å². The number of halogens is 2. The normalized spacial score (nSPS) is 16.5. The number of hydrogen-bond acceptors (Lipinski definition) is 4. The maximum Gasteiger partial charge on any atom is 0.243 e. The van der Waals surface area contributed by atoms with Crippen LogP contribution in [-0.2, 0) is 9.53 Å². The van der Waals surface area contributed by atoms with Gasteiger partial charge in [-0.2, -0.15) is 5.01 Å². The van der Waals surface area contributed by atoms with Crippen molar-refractivity contribution in [2.45, 2.75) is 13.2 Å². The van der Waals surface area contributed by atoms with Crippen LogP contribution in [0.4, 0.5) is 0 Å². The van der Waals surface area contributed by atoms with Crippen molar-refractivity contribution in [1.82, 2.24) is 5.01 Å². The van der Waals surface area contributed by atoms with Crippen molar-refractivity contribution in [2.75, 3.05) is 6.61 Å². The Labute approximate surface area is 161 Å². The molecule has 1 heterocycles. The third kappa shape index (κ3) is 4.56. The maximum absolute atomic E-state index is 11.8. The summed E-state index contributed by atoms with van der Waals surface area (Å²) in [4.78, 5) is 11.8. The van der Waals surface area contributed by atoms with E-state index in [4.69, 9.17) is 32.7 Å². The first kappa shape index (κ1) is 18.3. The van der Waals surface area contributed by atoms with Crippen LogP contribution in [0.25, 0.3) is 6.08 Å². The molecule has 3 rings (SSSR count). The standard InChI is InChI=1S/C19H16Cl2N2O3/c1-13(24)23-19(12-25-17-9-8-15(20)11-16(17)21)26-18(22-23)10-7-14-5-3-2-4-6-14/h2-11,19H,12H2,1H3/b10-7+/t19-/m1/s1. The number of carbonyl (C=O) groups excluding carboxylic acids is 1. The molecule has 5 nitrogen and oxygen atoms in total. The second-order valence-corrected chi connectivity index (χ2v) is 6.35. The summed E-state index contributed by atoms with van der Waals surface area (Å²) < 4.78 is 11.4. The van der Waals surface area contributed by atoms with Crippen LogP contribution in [0.1, 0.15) is 12.5 Å². The monoisotopic (exact) mass is 390 g/mol. The smallest absolute Gasteiger partial charge is 0.243 e. The van der Waals surface area contributed by atoms with Crippen molar-refractivity contribution in [2.24, 2.45) is 5.10 Å². The highest BCUT2D eigenvalue weighted by atomic mass is 35.5. The van der Waals surface area contributed by atoms with E-state index >= 15 is 0 Å². The van der Waals surface area contributed by atoms with Crippen LogP contribution in [0.3, 0.4) is 0 Å². The van der Waals surface area contributed by atoms with E-state index in [0.717, 1.165) is 5.56 Å². The Balaban J connectivity index is 1.66. The van der Waals surface area contributed by atoms with Gasteiger partial charge in [0.1, 0.15) is 12.4 Å². The van der Waals surface area contributed by atoms with Crippen molar-refractivity contribution in [3.05, 3.63) is 70.2 Å². The molecule has 1 aliphatic heterocycles. The fraction of sp³-hybridized carbons (Fsp3) is 0.158. The first-order valence-corrected chi connectivity index (χ1v) is 8.64. The zero-order valence-electron chi connectivity index (χ0n) is 13.9. The summed E-state index contributed by atoms with van der Waals surface area (Å²) in [5.74, 6) is 0.542. The first-order valence-electron chi connectivity index (χ1n) is 7.89. The van der Waals surface area contributed by atoms with Crippen LogP contribution in [0.15, 0.2) is 59.7 Å². The fourth-order valence-electron chi connectivity index (χ4n) is 2.32. The Morgan fingerprint density at radius 3 is 2.69 bits per heavy atom. The minimum absolute atomic E-state index is 0.0765. The molecule has 0 fully saturated rings. The summed E-state index contributed by atoms with van der Waals surface area (Å²) in [7, 11) is 0. The van der Waals surface area contributed by atoms with Crippen LogP contribution in [0, 0.1) is 0 Å². The molecular weight excluding hydrogens is 375 g/mol. The number of hydrazone groups is 1. The molecule has 1 amide bonds. The Bertz CT molecular complexity index is 853. The molecule has 0 N–H and O–H groups in total. The molecule has 2 aromatic carbocycles. The molecule has 2 aromatic rings. The number of benzene rings is 2. The molecule has 0 unspecified atom stereocenters. The van der Waals surface area contributed by atoms with E-state index in [0.29, 0.717) is 21.7 Å². The minimum Gasteiger partial charge on any atom is -0.486 e. The lowest BCUT2D eigenvalue weighted by atomic mass is 10.2. The zero-order chi connectivity index (χ0) is 18.5. The van der Waals surface area contributed by atoms with Crippen LogP contribution in [-0.4, -0.2) is 29.6 Å². The second kappa shape index (κ2) is 8.25.